The molecule has 0 unspecified atom stereocenters. The van der Waals surface area contributed by atoms with Crippen molar-refractivity contribution < 1.29 is 22.3 Å². The molecular formula is C21H15FN4O4S. The molecule has 31 heavy (non-hydrogen) atoms. The maximum Gasteiger partial charge on any atom is 0.326 e. The van der Waals surface area contributed by atoms with E-state index in [1.54, 1.807) is 6.07 Å². The smallest absolute Gasteiger partial charge is 0.326 e. The number of carbonyl (C=O) groups is 1. The predicted molar refractivity (Wildman–Crippen MR) is 110 cm³/mol. The number of nitrogens with zero attached hydrogens (tertiary/aromatic N) is 3. The lowest BCUT2D eigenvalue weighted by molar-refractivity contribution is -0.117. The van der Waals surface area contributed by atoms with Crippen LogP contribution in [-0.2, 0) is 21.6 Å². The van der Waals surface area contributed by atoms with E-state index in [2.05, 4.69) is 22.0 Å². The summed E-state index contributed by atoms with van der Waals surface area (Å²) in [5.41, 5.74) is 0.870. The molecule has 0 saturated carbocycles. The van der Waals surface area contributed by atoms with E-state index in [1.807, 2.05) is 35.1 Å². The minimum Gasteiger partial charge on any atom is -0.487 e. The molecule has 0 radical (unpaired) electrons. The number of hydrogen-bond acceptors (Lipinski definition) is 6. The third kappa shape index (κ3) is 4.46. The van der Waals surface area contributed by atoms with Gasteiger partial charge in [0.15, 0.2) is 5.82 Å². The standard InChI is InChI=1S/C21H15FN4O4S/c22-20-17(7-6-15-10-11-23-24-12-15)8-9-18(30-14-16-4-2-1-3-5-16)21(20)26-13-19(27)25-31(26,28)29/h1-5,8-12H,13-14H2,(H,25,27). The van der Waals surface area contributed by atoms with E-state index in [0.29, 0.717) is 9.87 Å². The Hall–Kier alpha value is -3.97. The number of hydrogen-bond donors (Lipinski definition) is 1. The largest absolute Gasteiger partial charge is 0.487 e. The zero-order valence-electron chi connectivity index (χ0n) is 15.9. The molecule has 0 atom stereocenters. The summed E-state index contributed by atoms with van der Waals surface area (Å²) < 4.78 is 48.3. The van der Waals surface area contributed by atoms with Crippen LogP contribution in [0, 0.1) is 17.7 Å². The van der Waals surface area contributed by atoms with Gasteiger partial charge in [0.05, 0.1) is 18.0 Å². The first-order chi connectivity index (χ1) is 14.9. The van der Waals surface area contributed by atoms with Crippen molar-refractivity contribution >= 4 is 21.8 Å². The number of rotatable bonds is 4. The van der Waals surface area contributed by atoms with Crippen LogP contribution < -0.4 is 13.8 Å². The minimum absolute atomic E-state index is 0.0300. The molecule has 4 rings (SSSR count). The molecule has 1 aliphatic rings. The number of halogens is 1. The van der Waals surface area contributed by atoms with Crippen LogP contribution in [0.5, 0.6) is 5.75 Å². The minimum atomic E-state index is -4.25. The van der Waals surface area contributed by atoms with Crippen molar-refractivity contribution in [2.24, 2.45) is 0 Å². The molecule has 8 nitrogen and oxygen atoms in total. The van der Waals surface area contributed by atoms with Gasteiger partial charge in [-0.05, 0) is 23.8 Å². The third-order valence-electron chi connectivity index (χ3n) is 4.31. The Kier molecular flexibility index (Phi) is 5.51. The molecular weight excluding hydrogens is 423 g/mol. The number of anilines is 1. The predicted octanol–water partition coefficient (Wildman–Crippen LogP) is 1.78. The van der Waals surface area contributed by atoms with Gasteiger partial charge in [0.2, 0.25) is 0 Å². The molecule has 1 aromatic heterocycles. The van der Waals surface area contributed by atoms with Crippen molar-refractivity contribution in [2.75, 3.05) is 10.8 Å². The first-order valence-electron chi connectivity index (χ1n) is 9.05. The van der Waals surface area contributed by atoms with Gasteiger partial charge in [0, 0.05) is 5.56 Å². The van der Waals surface area contributed by atoms with Gasteiger partial charge in [-0.3, -0.25) is 4.79 Å². The van der Waals surface area contributed by atoms with Crippen molar-refractivity contribution in [1.82, 2.24) is 14.9 Å². The molecule has 0 spiro atoms. The summed E-state index contributed by atoms with van der Waals surface area (Å²) in [5, 5.41) is 7.34. The fraction of sp³-hybridized carbons (Fsp3) is 0.0952. The molecule has 1 amide bonds. The summed E-state index contributed by atoms with van der Waals surface area (Å²) in [6.45, 7) is -0.484. The van der Waals surface area contributed by atoms with E-state index in [9.17, 15) is 13.2 Å². The number of benzene rings is 2. The van der Waals surface area contributed by atoms with Gasteiger partial charge in [0.1, 0.15) is 24.6 Å². The van der Waals surface area contributed by atoms with E-state index in [0.717, 1.165) is 5.56 Å². The van der Waals surface area contributed by atoms with Gasteiger partial charge >= 0.3 is 10.2 Å². The van der Waals surface area contributed by atoms with E-state index in [-0.39, 0.29) is 23.6 Å². The molecule has 2 aromatic carbocycles. The zero-order valence-corrected chi connectivity index (χ0v) is 16.8. The summed E-state index contributed by atoms with van der Waals surface area (Å²) in [6, 6.07) is 13.5. The van der Waals surface area contributed by atoms with Gasteiger partial charge in [0.25, 0.3) is 5.91 Å². The van der Waals surface area contributed by atoms with Crippen LogP contribution in [0.2, 0.25) is 0 Å². The maximum absolute atomic E-state index is 15.4. The Balaban J connectivity index is 1.75. The van der Waals surface area contributed by atoms with E-state index in [1.165, 1.54) is 24.5 Å². The number of carbonyl (C=O) groups excluding carboxylic acids is 1. The summed E-state index contributed by atoms with van der Waals surface area (Å²) >= 11 is 0. The van der Waals surface area contributed by atoms with E-state index < -0.39 is 28.5 Å². The van der Waals surface area contributed by atoms with Gasteiger partial charge < -0.3 is 4.74 Å². The highest BCUT2D eigenvalue weighted by Gasteiger charge is 2.38. The molecule has 156 valence electrons. The molecule has 10 heteroatoms. The first kappa shape index (κ1) is 20.3. The summed E-state index contributed by atoms with van der Waals surface area (Å²) in [4.78, 5) is 11.7. The number of amides is 1. The molecule has 2 heterocycles. The van der Waals surface area contributed by atoms with Crippen LogP contribution >= 0.6 is 0 Å². The van der Waals surface area contributed by atoms with Gasteiger partial charge in [-0.1, -0.05) is 42.2 Å². The van der Waals surface area contributed by atoms with Crippen LogP contribution in [0.4, 0.5) is 10.1 Å². The molecule has 0 bridgehead atoms. The lowest BCUT2D eigenvalue weighted by atomic mass is 10.1. The maximum atomic E-state index is 15.4. The van der Waals surface area contributed by atoms with Crippen molar-refractivity contribution in [3.63, 3.8) is 0 Å². The zero-order chi connectivity index (χ0) is 21.8. The highest BCUT2D eigenvalue weighted by Crippen LogP contribution is 2.36. The van der Waals surface area contributed by atoms with Crippen molar-refractivity contribution in [3.8, 4) is 17.6 Å². The normalized spacial score (nSPS) is 14.5. The van der Waals surface area contributed by atoms with Crippen molar-refractivity contribution in [2.45, 2.75) is 6.61 Å². The number of aromatic nitrogens is 2. The van der Waals surface area contributed by atoms with Gasteiger partial charge in [-0.15, -0.1) is 0 Å². The first-order valence-corrected chi connectivity index (χ1v) is 10.5. The van der Waals surface area contributed by atoms with Crippen molar-refractivity contribution in [3.05, 3.63) is 83.4 Å². The Morgan fingerprint density at radius 2 is 1.90 bits per heavy atom. The molecule has 1 fully saturated rings. The lowest BCUT2D eigenvalue weighted by Gasteiger charge is -2.20. The topological polar surface area (TPSA) is 101 Å². The van der Waals surface area contributed by atoms with Crippen LogP contribution in [0.15, 0.2) is 60.9 Å². The monoisotopic (exact) mass is 438 g/mol. The van der Waals surface area contributed by atoms with Crippen LogP contribution in [0.1, 0.15) is 16.7 Å². The Morgan fingerprint density at radius 3 is 2.58 bits per heavy atom. The molecule has 3 aromatic rings. The second-order valence-corrected chi connectivity index (χ2v) is 8.06. The van der Waals surface area contributed by atoms with E-state index >= 15 is 4.39 Å². The van der Waals surface area contributed by atoms with E-state index in [4.69, 9.17) is 4.74 Å². The second-order valence-electron chi connectivity index (χ2n) is 6.47. The van der Waals surface area contributed by atoms with Crippen molar-refractivity contribution in [1.29, 1.82) is 0 Å². The highest BCUT2D eigenvalue weighted by molar-refractivity contribution is 7.92. The summed E-state index contributed by atoms with van der Waals surface area (Å²) in [5.74, 6) is 3.68. The quantitative estimate of drug-likeness (QED) is 0.623. The number of nitrogens with one attached hydrogen (secondary N) is 1. The Labute approximate surface area is 177 Å². The van der Waals surface area contributed by atoms with Crippen LogP contribution in [0.3, 0.4) is 0 Å². The SMILES string of the molecule is O=C1CN(c2c(OCc3ccccc3)ccc(C#Cc3ccnnc3)c2F)S(=O)(=O)N1. The van der Waals surface area contributed by atoms with Crippen LogP contribution in [0.25, 0.3) is 0 Å². The van der Waals surface area contributed by atoms with Gasteiger partial charge in [-0.2, -0.15) is 18.6 Å². The Bertz CT molecular complexity index is 1290. The number of ether oxygens (including phenoxy) is 1. The molecule has 1 saturated heterocycles. The molecule has 1 aliphatic heterocycles. The third-order valence-corrected chi connectivity index (χ3v) is 5.69. The average molecular weight is 438 g/mol. The molecule has 1 N–H and O–H groups in total. The molecule has 0 aliphatic carbocycles. The summed E-state index contributed by atoms with van der Waals surface area (Å²) in [7, 11) is -4.25. The second kappa shape index (κ2) is 8.41. The fourth-order valence-electron chi connectivity index (χ4n) is 2.88. The van der Waals surface area contributed by atoms with Gasteiger partial charge in [-0.25, -0.2) is 13.4 Å². The van der Waals surface area contributed by atoms with Crippen LogP contribution in [-0.4, -0.2) is 31.1 Å². The summed E-state index contributed by atoms with van der Waals surface area (Å²) in [6.07, 6.45) is 2.86. The average Bonchev–Trinajstić information content (AvgIpc) is 3.04. The Morgan fingerprint density at radius 1 is 1.10 bits per heavy atom. The fourth-order valence-corrected chi connectivity index (χ4v) is 4.04. The lowest BCUT2D eigenvalue weighted by Crippen LogP contribution is -2.30. The highest BCUT2D eigenvalue weighted by atomic mass is 32.2.